The quantitative estimate of drug-likeness (QED) is 0.806. The third-order valence-corrected chi connectivity index (χ3v) is 2.47. The second kappa shape index (κ2) is 5.48. The molecule has 0 saturated carbocycles. The van der Waals surface area contributed by atoms with E-state index in [0.29, 0.717) is 0 Å². The Morgan fingerprint density at radius 1 is 1.45 bits per heavy atom. The van der Waals surface area contributed by atoms with Crippen LogP contribution in [0.15, 0.2) is 24.5 Å². The number of halogens is 2. The van der Waals surface area contributed by atoms with Gasteiger partial charge < -0.3 is 4.74 Å². The molecule has 0 atom stereocenters. The molecule has 0 spiro atoms. The highest BCUT2D eigenvalue weighted by Crippen LogP contribution is 2.19. The summed E-state index contributed by atoms with van der Waals surface area (Å²) >= 11 is 0. The molecule has 1 aromatic carbocycles. The van der Waals surface area contributed by atoms with Crippen molar-refractivity contribution in [2.75, 3.05) is 6.61 Å². The van der Waals surface area contributed by atoms with E-state index in [9.17, 15) is 13.6 Å². The van der Waals surface area contributed by atoms with Gasteiger partial charge in [0.15, 0.2) is 11.6 Å². The highest BCUT2D eigenvalue weighted by Gasteiger charge is 2.16. The van der Waals surface area contributed by atoms with Crippen molar-refractivity contribution in [3.05, 3.63) is 47.3 Å². The number of ether oxygens (including phenoxy) is 1. The van der Waals surface area contributed by atoms with Crippen LogP contribution in [-0.4, -0.2) is 22.4 Å². The van der Waals surface area contributed by atoms with Crippen LogP contribution in [0.2, 0.25) is 0 Å². The predicted octanol–water partition coefficient (Wildman–Crippen LogP) is 2.20. The number of carbonyl (C=O) groups is 1. The fourth-order valence-electron chi connectivity index (χ4n) is 1.61. The molecule has 0 aliphatic carbocycles. The van der Waals surface area contributed by atoms with Gasteiger partial charge in [-0.1, -0.05) is 0 Å². The molecule has 0 bridgehead atoms. The molecule has 5 nitrogen and oxygen atoms in total. The highest BCUT2D eigenvalue weighted by atomic mass is 19.1. The molecule has 2 rings (SSSR count). The third kappa shape index (κ3) is 2.49. The van der Waals surface area contributed by atoms with Crippen LogP contribution in [-0.2, 0) is 4.74 Å². The molecule has 20 heavy (non-hydrogen) atoms. The van der Waals surface area contributed by atoms with Crippen molar-refractivity contribution < 1.29 is 18.3 Å². The van der Waals surface area contributed by atoms with Crippen LogP contribution in [0.5, 0.6) is 0 Å². The zero-order valence-corrected chi connectivity index (χ0v) is 10.4. The minimum absolute atomic E-state index is 0.0787. The summed E-state index contributed by atoms with van der Waals surface area (Å²) in [5.41, 5.74) is -0.518. The Balaban J connectivity index is 2.43. The lowest BCUT2D eigenvalue weighted by Crippen LogP contribution is -2.05. The third-order valence-electron chi connectivity index (χ3n) is 2.47. The number of rotatable bonds is 3. The monoisotopic (exact) mass is 277 g/mol. The molecule has 0 N–H and O–H groups in total. The fourth-order valence-corrected chi connectivity index (χ4v) is 1.61. The smallest absolute Gasteiger partial charge is 0.341 e. The zero-order chi connectivity index (χ0) is 14.7. The predicted molar refractivity (Wildman–Crippen MR) is 64.2 cm³/mol. The Hall–Kier alpha value is -2.75. The largest absolute Gasteiger partial charge is 0.462 e. The molecule has 1 aromatic heterocycles. The number of hydrogen-bond acceptors (Lipinski definition) is 4. The van der Waals surface area contributed by atoms with Gasteiger partial charge in [-0.3, -0.25) is 0 Å². The van der Waals surface area contributed by atoms with E-state index in [1.807, 2.05) is 0 Å². The summed E-state index contributed by atoms with van der Waals surface area (Å²) in [7, 11) is 0. The van der Waals surface area contributed by atoms with Gasteiger partial charge in [0, 0.05) is 6.20 Å². The Bertz CT molecular complexity index is 681. The van der Waals surface area contributed by atoms with Crippen LogP contribution >= 0.6 is 0 Å². The van der Waals surface area contributed by atoms with Gasteiger partial charge in [0.05, 0.1) is 30.0 Å². The average Bonchev–Trinajstić information content (AvgIpc) is 2.87. The van der Waals surface area contributed by atoms with E-state index in [1.165, 1.54) is 0 Å². The van der Waals surface area contributed by atoms with Crippen LogP contribution in [0.25, 0.3) is 5.69 Å². The summed E-state index contributed by atoms with van der Waals surface area (Å²) in [5.74, 6) is -2.52. The molecule has 0 aliphatic heterocycles. The summed E-state index contributed by atoms with van der Waals surface area (Å²) < 4.78 is 33.2. The number of benzene rings is 1. The van der Waals surface area contributed by atoms with Gasteiger partial charge in [-0.25, -0.2) is 18.3 Å². The molecule has 7 heteroatoms. The molecular formula is C13H9F2N3O2. The SMILES string of the molecule is CCOC(=O)c1cnn(-c2c(F)cc(C#N)cc2F)c1. The first-order chi connectivity index (χ1) is 9.56. The molecule has 2 aromatic rings. The van der Waals surface area contributed by atoms with Gasteiger partial charge >= 0.3 is 5.97 Å². The Labute approximate surface area is 113 Å². The molecule has 0 amide bonds. The number of carbonyl (C=O) groups excluding carboxylic acids is 1. The first-order valence-corrected chi connectivity index (χ1v) is 5.68. The Kier molecular flexibility index (Phi) is 3.75. The number of esters is 1. The Morgan fingerprint density at radius 3 is 2.65 bits per heavy atom. The molecular weight excluding hydrogens is 268 g/mol. The van der Waals surface area contributed by atoms with Gasteiger partial charge in [0.25, 0.3) is 0 Å². The normalized spacial score (nSPS) is 10.1. The van der Waals surface area contributed by atoms with E-state index in [0.717, 1.165) is 29.2 Å². The van der Waals surface area contributed by atoms with Crippen molar-refractivity contribution in [3.63, 3.8) is 0 Å². The van der Waals surface area contributed by atoms with Crippen molar-refractivity contribution in [1.29, 1.82) is 5.26 Å². The number of nitrogens with zero attached hydrogens (tertiary/aromatic N) is 3. The maximum atomic E-state index is 13.8. The summed E-state index contributed by atoms with van der Waals surface area (Å²) in [5, 5.41) is 12.3. The van der Waals surface area contributed by atoms with Crippen molar-refractivity contribution in [2.45, 2.75) is 6.92 Å². The zero-order valence-electron chi connectivity index (χ0n) is 10.4. The van der Waals surface area contributed by atoms with Crippen LogP contribution in [0, 0.1) is 23.0 Å². The van der Waals surface area contributed by atoms with Gasteiger partial charge in [0.2, 0.25) is 0 Å². The standard InChI is InChI=1S/C13H9F2N3O2/c1-2-20-13(19)9-6-17-18(7-9)12-10(14)3-8(5-16)4-11(12)15/h3-4,6-7H,2H2,1H3. The van der Waals surface area contributed by atoms with Crippen LogP contribution in [0.4, 0.5) is 8.78 Å². The van der Waals surface area contributed by atoms with Crippen LogP contribution in [0.1, 0.15) is 22.8 Å². The van der Waals surface area contributed by atoms with Crippen molar-refractivity contribution in [3.8, 4) is 11.8 Å². The first-order valence-electron chi connectivity index (χ1n) is 5.68. The molecule has 1 heterocycles. The van der Waals surface area contributed by atoms with Gasteiger partial charge in [-0.2, -0.15) is 10.4 Å². The fraction of sp³-hybridized carbons (Fsp3) is 0.154. The summed E-state index contributed by atoms with van der Waals surface area (Å²) in [6.45, 7) is 1.83. The maximum Gasteiger partial charge on any atom is 0.341 e. The first kappa shape index (κ1) is 13.7. The van der Waals surface area contributed by atoms with Crippen LogP contribution < -0.4 is 0 Å². The summed E-state index contributed by atoms with van der Waals surface area (Å²) in [4.78, 5) is 11.5. The lowest BCUT2D eigenvalue weighted by Gasteiger charge is -2.05. The van der Waals surface area contributed by atoms with Gasteiger partial charge in [-0.15, -0.1) is 0 Å². The molecule has 0 unspecified atom stereocenters. The van der Waals surface area contributed by atoms with E-state index in [-0.39, 0.29) is 17.7 Å². The van der Waals surface area contributed by atoms with E-state index >= 15 is 0 Å². The molecule has 0 saturated heterocycles. The second-order valence-electron chi connectivity index (χ2n) is 3.79. The van der Waals surface area contributed by atoms with E-state index in [4.69, 9.17) is 10.00 Å². The van der Waals surface area contributed by atoms with E-state index in [1.54, 1.807) is 13.0 Å². The summed E-state index contributed by atoms with van der Waals surface area (Å²) in [6, 6.07) is 3.43. The highest BCUT2D eigenvalue weighted by molar-refractivity contribution is 5.88. The molecule has 102 valence electrons. The summed E-state index contributed by atoms with van der Waals surface area (Å²) in [6.07, 6.45) is 2.31. The van der Waals surface area contributed by atoms with Gasteiger partial charge in [-0.05, 0) is 19.1 Å². The Morgan fingerprint density at radius 2 is 2.10 bits per heavy atom. The average molecular weight is 277 g/mol. The van der Waals surface area contributed by atoms with E-state index < -0.39 is 23.3 Å². The lowest BCUT2D eigenvalue weighted by molar-refractivity contribution is 0.0526. The second-order valence-corrected chi connectivity index (χ2v) is 3.79. The molecule has 0 aliphatic rings. The number of aromatic nitrogens is 2. The van der Waals surface area contributed by atoms with Crippen molar-refractivity contribution >= 4 is 5.97 Å². The number of hydrogen-bond donors (Lipinski definition) is 0. The minimum Gasteiger partial charge on any atom is -0.462 e. The minimum atomic E-state index is -0.944. The van der Waals surface area contributed by atoms with Crippen LogP contribution in [0.3, 0.4) is 0 Å². The molecule has 0 radical (unpaired) electrons. The topological polar surface area (TPSA) is 67.9 Å². The van der Waals surface area contributed by atoms with E-state index in [2.05, 4.69) is 5.10 Å². The van der Waals surface area contributed by atoms with Crippen molar-refractivity contribution in [2.24, 2.45) is 0 Å². The lowest BCUT2D eigenvalue weighted by atomic mass is 10.2. The van der Waals surface area contributed by atoms with Crippen molar-refractivity contribution in [1.82, 2.24) is 9.78 Å². The maximum absolute atomic E-state index is 13.8. The van der Waals surface area contributed by atoms with Gasteiger partial charge in [0.1, 0.15) is 5.69 Å². The number of nitriles is 1. The molecule has 0 fully saturated rings.